The number of hydrogen-bond acceptors (Lipinski definition) is 3. The monoisotopic (exact) mass is 372 g/mol. The van der Waals surface area contributed by atoms with Gasteiger partial charge in [0.15, 0.2) is 6.79 Å². The van der Waals surface area contributed by atoms with Crippen molar-refractivity contribution in [3.05, 3.63) is 72.8 Å². The largest absolute Gasteiger partial charge is 0.490 e. The van der Waals surface area contributed by atoms with E-state index in [1.807, 2.05) is 19.9 Å². The third-order valence-electron chi connectivity index (χ3n) is 4.73. The van der Waals surface area contributed by atoms with E-state index in [4.69, 9.17) is 14.2 Å². The maximum absolute atomic E-state index is 6.23. The minimum atomic E-state index is 0.0678. The standard InChI is InChI=1S/C25H24O3/c1-17(2)28-23-15-13-19-9-5-7-11-21(19)25(23)24-20-10-6-4-8-18(20)12-14-22(24)27-16-26-3/h4-15,17H,16H2,1-3H3. The van der Waals surface area contributed by atoms with Gasteiger partial charge in [0.05, 0.1) is 6.10 Å². The third-order valence-corrected chi connectivity index (χ3v) is 4.73. The zero-order chi connectivity index (χ0) is 19.5. The molecule has 142 valence electrons. The molecule has 0 spiro atoms. The fraction of sp³-hybridized carbons (Fsp3) is 0.200. The lowest BCUT2D eigenvalue weighted by molar-refractivity contribution is 0.0516. The van der Waals surface area contributed by atoms with Crippen LogP contribution in [0.3, 0.4) is 0 Å². The molecule has 0 aromatic heterocycles. The van der Waals surface area contributed by atoms with Gasteiger partial charge in [-0.15, -0.1) is 0 Å². The molecule has 0 unspecified atom stereocenters. The fourth-order valence-corrected chi connectivity index (χ4v) is 3.61. The van der Waals surface area contributed by atoms with Crippen LogP contribution in [-0.2, 0) is 4.74 Å². The second kappa shape index (κ2) is 7.91. The predicted octanol–water partition coefficient (Wildman–Crippen LogP) is 6.43. The van der Waals surface area contributed by atoms with Gasteiger partial charge >= 0.3 is 0 Å². The van der Waals surface area contributed by atoms with Gasteiger partial charge in [0.1, 0.15) is 11.5 Å². The van der Waals surface area contributed by atoms with Crippen LogP contribution >= 0.6 is 0 Å². The topological polar surface area (TPSA) is 27.7 Å². The summed E-state index contributed by atoms with van der Waals surface area (Å²) in [5, 5.41) is 4.59. The number of fused-ring (bicyclic) bond motifs is 2. The van der Waals surface area contributed by atoms with Gasteiger partial charge in [0.25, 0.3) is 0 Å². The van der Waals surface area contributed by atoms with Crippen molar-refractivity contribution in [2.45, 2.75) is 20.0 Å². The van der Waals surface area contributed by atoms with E-state index >= 15 is 0 Å². The molecule has 0 atom stereocenters. The molecule has 0 radical (unpaired) electrons. The first kappa shape index (κ1) is 18.3. The molecule has 0 heterocycles. The van der Waals surface area contributed by atoms with Gasteiger partial charge in [-0.1, -0.05) is 60.7 Å². The van der Waals surface area contributed by atoms with Gasteiger partial charge in [-0.2, -0.15) is 0 Å². The van der Waals surface area contributed by atoms with E-state index in [-0.39, 0.29) is 12.9 Å². The van der Waals surface area contributed by atoms with E-state index in [9.17, 15) is 0 Å². The Labute approximate surface area is 165 Å². The Kier molecular flexibility index (Phi) is 5.18. The predicted molar refractivity (Wildman–Crippen MR) is 115 cm³/mol. The van der Waals surface area contributed by atoms with E-state index < -0.39 is 0 Å². The molecular weight excluding hydrogens is 348 g/mol. The van der Waals surface area contributed by atoms with Crippen LogP contribution in [0.4, 0.5) is 0 Å². The molecule has 4 aromatic rings. The zero-order valence-electron chi connectivity index (χ0n) is 16.4. The van der Waals surface area contributed by atoms with Gasteiger partial charge in [0.2, 0.25) is 0 Å². The number of benzene rings is 4. The van der Waals surface area contributed by atoms with Crippen LogP contribution < -0.4 is 9.47 Å². The molecule has 4 rings (SSSR count). The first-order valence-electron chi connectivity index (χ1n) is 9.51. The maximum Gasteiger partial charge on any atom is 0.188 e. The molecule has 3 nitrogen and oxygen atoms in total. The van der Waals surface area contributed by atoms with Crippen molar-refractivity contribution in [3.8, 4) is 22.6 Å². The minimum absolute atomic E-state index is 0.0678. The van der Waals surface area contributed by atoms with Crippen molar-refractivity contribution in [3.63, 3.8) is 0 Å². The summed E-state index contributed by atoms with van der Waals surface area (Å²) >= 11 is 0. The van der Waals surface area contributed by atoms with Crippen LogP contribution in [0.5, 0.6) is 11.5 Å². The Hall–Kier alpha value is -3.04. The van der Waals surface area contributed by atoms with E-state index in [0.29, 0.717) is 0 Å². The van der Waals surface area contributed by atoms with Crippen molar-refractivity contribution in [1.29, 1.82) is 0 Å². The average molecular weight is 372 g/mol. The normalized spacial score (nSPS) is 11.3. The molecule has 3 heteroatoms. The van der Waals surface area contributed by atoms with Crippen molar-refractivity contribution < 1.29 is 14.2 Å². The van der Waals surface area contributed by atoms with E-state index in [0.717, 1.165) is 38.8 Å². The lowest BCUT2D eigenvalue weighted by Gasteiger charge is -2.20. The number of hydrogen-bond donors (Lipinski definition) is 0. The molecule has 0 amide bonds. The van der Waals surface area contributed by atoms with Gasteiger partial charge < -0.3 is 14.2 Å². The summed E-state index contributed by atoms with van der Waals surface area (Å²) in [5.74, 6) is 1.64. The molecule has 0 saturated heterocycles. The second-order valence-electron chi connectivity index (χ2n) is 7.04. The molecule has 0 aliphatic rings. The van der Waals surface area contributed by atoms with Crippen molar-refractivity contribution in [2.24, 2.45) is 0 Å². The summed E-state index contributed by atoms with van der Waals surface area (Å²) < 4.78 is 17.4. The summed E-state index contributed by atoms with van der Waals surface area (Å²) in [6, 6.07) is 25.0. The van der Waals surface area contributed by atoms with Gasteiger partial charge in [-0.05, 0) is 47.5 Å². The SMILES string of the molecule is COCOc1ccc2ccccc2c1-c1c(OC(C)C)ccc2ccccc12. The number of methoxy groups -OCH3 is 1. The highest BCUT2D eigenvalue weighted by atomic mass is 16.7. The number of ether oxygens (including phenoxy) is 3. The van der Waals surface area contributed by atoms with Crippen LogP contribution in [0.25, 0.3) is 32.7 Å². The molecule has 0 saturated carbocycles. The Bertz CT molecular complexity index is 1120. The van der Waals surface area contributed by atoms with E-state index in [2.05, 4.69) is 66.7 Å². The molecule has 0 fully saturated rings. The highest BCUT2D eigenvalue weighted by Gasteiger charge is 2.19. The lowest BCUT2D eigenvalue weighted by Crippen LogP contribution is -2.07. The van der Waals surface area contributed by atoms with Gasteiger partial charge in [-0.25, -0.2) is 0 Å². The van der Waals surface area contributed by atoms with Crippen molar-refractivity contribution >= 4 is 21.5 Å². The Morgan fingerprint density at radius 3 is 1.79 bits per heavy atom. The van der Waals surface area contributed by atoms with Crippen molar-refractivity contribution in [2.75, 3.05) is 13.9 Å². The van der Waals surface area contributed by atoms with E-state index in [1.165, 1.54) is 5.39 Å². The van der Waals surface area contributed by atoms with Crippen LogP contribution in [-0.4, -0.2) is 20.0 Å². The summed E-state index contributed by atoms with van der Waals surface area (Å²) in [5.41, 5.74) is 2.08. The smallest absolute Gasteiger partial charge is 0.188 e. The molecule has 0 bridgehead atoms. The molecule has 0 N–H and O–H groups in total. The fourth-order valence-electron chi connectivity index (χ4n) is 3.61. The van der Waals surface area contributed by atoms with E-state index in [1.54, 1.807) is 7.11 Å². The number of rotatable bonds is 6. The summed E-state index contributed by atoms with van der Waals surface area (Å²) in [6.45, 7) is 4.28. The van der Waals surface area contributed by atoms with Gasteiger partial charge in [-0.3, -0.25) is 0 Å². The van der Waals surface area contributed by atoms with Gasteiger partial charge in [0, 0.05) is 18.2 Å². The summed E-state index contributed by atoms with van der Waals surface area (Å²) in [6.07, 6.45) is 0.0678. The van der Waals surface area contributed by atoms with Crippen molar-refractivity contribution in [1.82, 2.24) is 0 Å². The molecular formula is C25H24O3. The maximum atomic E-state index is 6.23. The lowest BCUT2D eigenvalue weighted by atomic mass is 9.92. The minimum Gasteiger partial charge on any atom is -0.490 e. The van der Waals surface area contributed by atoms with Crippen LogP contribution in [0, 0.1) is 0 Å². The highest BCUT2D eigenvalue weighted by Crippen LogP contribution is 2.45. The highest BCUT2D eigenvalue weighted by molar-refractivity contribution is 6.09. The Morgan fingerprint density at radius 1 is 0.679 bits per heavy atom. The quantitative estimate of drug-likeness (QED) is 0.365. The second-order valence-corrected chi connectivity index (χ2v) is 7.04. The summed E-state index contributed by atoms with van der Waals surface area (Å²) in [7, 11) is 1.63. The first-order valence-corrected chi connectivity index (χ1v) is 9.51. The zero-order valence-corrected chi connectivity index (χ0v) is 16.4. The van der Waals surface area contributed by atoms with Crippen LogP contribution in [0.1, 0.15) is 13.8 Å². The summed E-state index contributed by atoms with van der Waals surface area (Å²) in [4.78, 5) is 0. The first-order chi connectivity index (χ1) is 13.7. The Morgan fingerprint density at radius 2 is 1.21 bits per heavy atom. The Balaban J connectivity index is 2.10. The molecule has 0 aliphatic carbocycles. The average Bonchev–Trinajstić information content (AvgIpc) is 2.71. The molecule has 28 heavy (non-hydrogen) atoms. The molecule has 4 aromatic carbocycles. The van der Waals surface area contributed by atoms with Crippen LogP contribution in [0.2, 0.25) is 0 Å². The van der Waals surface area contributed by atoms with Crippen LogP contribution in [0.15, 0.2) is 72.8 Å². The molecule has 0 aliphatic heterocycles. The third kappa shape index (κ3) is 3.41.